The number of nitrogens with zero attached hydrogens (tertiary/aromatic N) is 1. The normalized spacial score (nSPS) is 23.1. The molecule has 0 aromatic heterocycles. The minimum atomic E-state index is -0.302. The number of carbonyl (C=O) groups is 1. The predicted octanol–water partition coefficient (Wildman–Crippen LogP) is 3.34. The first-order valence-corrected chi connectivity index (χ1v) is 7.15. The average Bonchev–Trinajstić information content (AvgIpc) is 2.55. The molecule has 1 unspecified atom stereocenters. The van der Waals surface area contributed by atoms with E-state index >= 15 is 0 Å². The maximum absolute atomic E-state index is 12.1. The molecule has 16 heavy (non-hydrogen) atoms. The Morgan fingerprint density at radius 3 is 2.38 bits per heavy atom. The van der Waals surface area contributed by atoms with Gasteiger partial charge in [0, 0.05) is 0 Å². The van der Waals surface area contributed by atoms with E-state index in [2.05, 4.69) is 6.07 Å². The molecule has 0 saturated carbocycles. The number of ketones is 1. The highest BCUT2D eigenvalue weighted by Crippen LogP contribution is 2.55. The van der Waals surface area contributed by atoms with E-state index in [1.165, 1.54) is 0 Å². The molecule has 1 atom stereocenters. The fraction of sp³-hybridized carbons (Fsp3) is 0.333. The zero-order chi connectivity index (χ0) is 11.8. The van der Waals surface area contributed by atoms with Gasteiger partial charge in [-0.15, -0.1) is 0 Å². The van der Waals surface area contributed by atoms with Gasteiger partial charge in [0.1, 0.15) is 5.25 Å². The second-order valence-electron chi connectivity index (χ2n) is 4.17. The second-order valence-corrected chi connectivity index (χ2v) is 7.10. The quantitative estimate of drug-likeness (QED) is 0.716. The zero-order valence-electron chi connectivity index (χ0n) is 9.06. The summed E-state index contributed by atoms with van der Waals surface area (Å²) < 4.78 is -0.302. The molecule has 0 bridgehead atoms. The first kappa shape index (κ1) is 11.6. The van der Waals surface area contributed by atoms with Gasteiger partial charge in [0.15, 0.2) is 5.78 Å². The zero-order valence-corrected chi connectivity index (χ0v) is 10.7. The summed E-state index contributed by atoms with van der Waals surface area (Å²) in [5, 5.41) is 8.61. The van der Waals surface area contributed by atoms with Crippen molar-refractivity contribution in [1.82, 2.24) is 0 Å². The Kier molecular flexibility index (Phi) is 3.00. The van der Waals surface area contributed by atoms with Gasteiger partial charge in [-0.2, -0.15) is 5.26 Å². The maximum Gasteiger partial charge on any atom is 0.167 e. The highest BCUT2D eigenvalue weighted by atomic mass is 33.1. The summed E-state index contributed by atoms with van der Waals surface area (Å²) >= 11 is 0. The molecule has 0 N–H and O–H groups in total. The lowest BCUT2D eigenvalue weighted by Gasteiger charge is -2.13. The Balaban J connectivity index is 2.27. The van der Waals surface area contributed by atoms with Crippen molar-refractivity contribution < 1.29 is 4.79 Å². The second kappa shape index (κ2) is 4.15. The van der Waals surface area contributed by atoms with Gasteiger partial charge >= 0.3 is 0 Å². The SMILES string of the molecule is CC1(C)SSC(c2ccc(C#N)cc2)C1=O. The van der Waals surface area contributed by atoms with Crippen LogP contribution in [-0.4, -0.2) is 10.5 Å². The Morgan fingerprint density at radius 2 is 1.94 bits per heavy atom. The molecular formula is C12H11NOS2. The van der Waals surface area contributed by atoms with Crippen LogP contribution in [-0.2, 0) is 4.79 Å². The van der Waals surface area contributed by atoms with Crippen molar-refractivity contribution in [2.24, 2.45) is 0 Å². The molecule has 1 aromatic carbocycles. The number of rotatable bonds is 1. The minimum absolute atomic E-state index is 0.0901. The van der Waals surface area contributed by atoms with Crippen LogP contribution in [0.25, 0.3) is 0 Å². The largest absolute Gasteiger partial charge is 0.296 e. The molecule has 0 amide bonds. The number of hydrogen-bond acceptors (Lipinski definition) is 4. The third-order valence-corrected chi connectivity index (χ3v) is 6.04. The molecule has 2 rings (SSSR count). The lowest BCUT2D eigenvalue weighted by atomic mass is 9.99. The lowest BCUT2D eigenvalue weighted by Crippen LogP contribution is -2.25. The van der Waals surface area contributed by atoms with Gasteiger partial charge in [0.25, 0.3) is 0 Å². The Labute approximate surface area is 103 Å². The van der Waals surface area contributed by atoms with Gasteiger partial charge in [-0.1, -0.05) is 33.7 Å². The molecular weight excluding hydrogens is 238 g/mol. The summed E-state index contributed by atoms with van der Waals surface area (Å²) in [6.45, 7) is 3.91. The molecule has 1 heterocycles. The van der Waals surface area contributed by atoms with E-state index in [-0.39, 0.29) is 15.8 Å². The van der Waals surface area contributed by atoms with Crippen LogP contribution in [0.15, 0.2) is 24.3 Å². The number of nitriles is 1. The van der Waals surface area contributed by atoms with Gasteiger partial charge in [-0.3, -0.25) is 4.79 Å². The van der Waals surface area contributed by atoms with Gasteiger partial charge in [0.05, 0.1) is 16.4 Å². The summed E-state index contributed by atoms with van der Waals surface area (Å²) in [4.78, 5) is 12.1. The van der Waals surface area contributed by atoms with Gasteiger partial charge in [0.2, 0.25) is 0 Å². The summed E-state index contributed by atoms with van der Waals surface area (Å²) in [6, 6.07) is 9.34. The van der Waals surface area contributed by atoms with E-state index < -0.39 is 0 Å². The van der Waals surface area contributed by atoms with Crippen LogP contribution in [0.5, 0.6) is 0 Å². The summed E-state index contributed by atoms with van der Waals surface area (Å²) in [7, 11) is 3.23. The average molecular weight is 249 g/mol. The molecule has 4 heteroatoms. The Morgan fingerprint density at radius 1 is 1.31 bits per heavy atom. The molecule has 1 saturated heterocycles. The minimum Gasteiger partial charge on any atom is -0.296 e. The number of hydrogen-bond donors (Lipinski definition) is 0. The van der Waals surface area contributed by atoms with Gasteiger partial charge < -0.3 is 0 Å². The van der Waals surface area contributed by atoms with E-state index in [4.69, 9.17) is 5.26 Å². The fourth-order valence-electron chi connectivity index (χ4n) is 1.51. The van der Waals surface area contributed by atoms with Crippen molar-refractivity contribution >= 4 is 27.4 Å². The van der Waals surface area contributed by atoms with Crippen molar-refractivity contribution in [3.8, 4) is 6.07 Å². The third-order valence-electron chi connectivity index (χ3n) is 2.53. The molecule has 1 aromatic rings. The topological polar surface area (TPSA) is 40.9 Å². The summed E-state index contributed by atoms with van der Waals surface area (Å²) in [5.74, 6) is 0.257. The van der Waals surface area contributed by atoms with E-state index in [0.29, 0.717) is 5.56 Å². The molecule has 0 radical (unpaired) electrons. The van der Waals surface area contributed by atoms with Crippen molar-refractivity contribution in [2.45, 2.75) is 23.8 Å². The Bertz CT molecular complexity index is 459. The van der Waals surface area contributed by atoms with Gasteiger partial charge in [-0.25, -0.2) is 0 Å². The van der Waals surface area contributed by atoms with Crippen LogP contribution in [0.2, 0.25) is 0 Å². The van der Waals surface area contributed by atoms with Crippen LogP contribution in [0.1, 0.15) is 30.2 Å². The summed E-state index contributed by atoms with van der Waals surface area (Å²) in [6.07, 6.45) is 0. The molecule has 1 aliphatic heterocycles. The molecule has 82 valence electrons. The van der Waals surface area contributed by atoms with Crippen LogP contribution < -0.4 is 0 Å². The van der Waals surface area contributed by atoms with Crippen molar-refractivity contribution in [3.05, 3.63) is 35.4 Å². The lowest BCUT2D eigenvalue weighted by molar-refractivity contribution is -0.119. The van der Waals surface area contributed by atoms with Crippen LogP contribution >= 0.6 is 21.6 Å². The van der Waals surface area contributed by atoms with Crippen LogP contribution in [0.3, 0.4) is 0 Å². The standard InChI is InChI=1S/C12H11NOS2/c1-12(2)11(14)10(15-16-12)9-5-3-8(7-13)4-6-9/h3-6,10H,1-2H3. The van der Waals surface area contributed by atoms with Crippen molar-refractivity contribution in [1.29, 1.82) is 5.26 Å². The fourth-order valence-corrected chi connectivity index (χ4v) is 4.62. The smallest absolute Gasteiger partial charge is 0.167 e. The molecule has 0 aliphatic carbocycles. The van der Waals surface area contributed by atoms with Crippen LogP contribution in [0, 0.1) is 11.3 Å². The summed E-state index contributed by atoms with van der Waals surface area (Å²) in [5.41, 5.74) is 1.62. The third kappa shape index (κ3) is 1.98. The first-order chi connectivity index (χ1) is 7.54. The van der Waals surface area contributed by atoms with Crippen molar-refractivity contribution in [2.75, 3.05) is 0 Å². The van der Waals surface area contributed by atoms with E-state index in [9.17, 15) is 4.79 Å². The molecule has 1 fully saturated rings. The molecule has 0 spiro atoms. The van der Waals surface area contributed by atoms with Crippen molar-refractivity contribution in [3.63, 3.8) is 0 Å². The van der Waals surface area contributed by atoms with Crippen LogP contribution in [0.4, 0.5) is 0 Å². The first-order valence-electron chi connectivity index (χ1n) is 4.93. The maximum atomic E-state index is 12.1. The number of benzene rings is 1. The van der Waals surface area contributed by atoms with E-state index in [0.717, 1.165) is 5.56 Å². The predicted molar refractivity (Wildman–Crippen MR) is 68.2 cm³/mol. The van der Waals surface area contributed by atoms with Gasteiger partial charge in [-0.05, 0) is 31.5 Å². The van der Waals surface area contributed by atoms with E-state index in [1.54, 1.807) is 33.7 Å². The molecule has 2 nitrogen and oxygen atoms in total. The molecule has 1 aliphatic rings. The highest BCUT2D eigenvalue weighted by molar-refractivity contribution is 8.78. The monoisotopic (exact) mass is 249 g/mol. The number of carbonyl (C=O) groups excluding carboxylic acids is 1. The van der Waals surface area contributed by atoms with E-state index in [1.807, 2.05) is 26.0 Å². The number of Topliss-reactive ketones (excluding diaryl/α,β-unsaturated/α-hetero) is 1. The Hall–Kier alpha value is -0.920. The highest BCUT2D eigenvalue weighted by Gasteiger charge is 2.42.